The van der Waals surface area contributed by atoms with Crippen molar-refractivity contribution in [1.82, 2.24) is 5.32 Å². The van der Waals surface area contributed by atoms with Crippen molar-refractivity contribution >= 4 is 11.6 Å². The van der Waals surface area contributed by atoms with Gasteiger partial charge < -0.3 is 10.2 Å². The van der Waals surface area contributed by atoms with Crippen LogP contribution in [0.2, 0.25) is 0 Å². The minimum absolute atomic E-state index is 0.234. The van der Waals surface area contributed by atoms with Crippen molar-refractivity contribution in [2.45, 2.75) is 26.2 Å². The van der Waals surface area contributed by atoms with E-state index in [2.05, 4.69) is 24.4 Å². The van der Waals surface area contributed by atoms with Gasteiger partial charge in [-0.2, -0.15) is 0 Å². The first-order chi connectivity index (χ1) is 8.33. The summed E-state index contributed by atoms with van der Waals surface area (Å²) < 4.78 is 0. The van der Waals surface area contributed by atoms with E-state index in [0.717, 1.165) is 38.2 Å². The average molecular weight is 232 g/mol. The lowest BCUT2D eigenvalue weighted by Gasteiger charge is -2.27. The Balaban J connectivity index is 2.25. The van der Waals surface area contributed by atoms with E-state index in [-0.39, 0.29) is 5.91 Å². The van der Waals surface area contributed by atoms with Crippen LogP contribution in [0.3, 0.4) is 0 Å². The molecule has 2 rings (SSSR count). The molecule has 0 aliphatic carbocycles. The monoisotopic (exact) mass is 232 g/mol. The van der Waals surface area contributed by atoms with Gasteiger partial charge >= 0.3 is 0 Å². The van der Waals surface area contributed by atoms with Crippen LogP contribution < -0.4 is 10.2 Å². The van der Waals surface area contributed by atoms with E-state index < -0.39 is 0 Å². The summed E-state index contributed by atoms with van der Waals surface area (Å²) in [4.78, 5) is 14.1. The van der Waals surface area contributed by atoms with Crippen molar-refractivity contribution in [2.24, 2.45) is 0 Å². The number of carbonyl (C=O) groups is 1. The lowest BCUT2D eigenvalue weighted by molar-refractivity contribution is -0.118. The van der Waals surface area contributed by atoms with Gasteiger partial charge in [0, 0.05) is 25.2 Å². The third kappa shape index (κ3) is 2.86. The van der Waals surface area contributed by atoms with Gasteiger partial charge in [0.2, 0.25) is 5.91 Å². The van der Waals surface area contributed by atoms with Gasteiger partial charge in [-0.3, -0.25) is 4.79 Å². The zero-order valence-electron chi connectivity index (χ0n) is 10.4. The molecule has 1 fully saturated rings. The standard InChI is InChI=1S/C14H20N2O/c1-2-12-6-3-4-7-13(12)16-11-5-9-15-10-8-14(16)17/h3-4,6-7,15H,2,5,8-11H2,1H3. The SMILES string of the molecule is CCc1ccccc1N1CCCNCCC1=O. The van der Waals surface area contributed by atoms with Crippen LogP contribution in [-0.2, 0) is 11.2 Å². The second kappa shape index (κ2) is 5.82. The van der Waals surface area contributed by atoms with Crippen LogP contribution in [0.1, 0.15) is 25.3 Å². The summed E-state index contributed by atoms with van der Waals surface area (Å²) in [5.74, 6) is 0.234. The number of para-hydroxylation sites is 1. The molecule has 1 N–H and O–H groups in total. The van der Waals surface area contributed by atoms with Crippen molar-refractivity contribution < 1.29 is 4.79 Å². The van der Waals surface area contributed by atoms with Crippen LogP contribution in [-0.4, -0.2) is 25.5 Å². The van der Waals surface area contributed by atoms with E-state index in [1.165, 1.54) is 5.56 Å². The normalized spacial score (nSPS) is 17.7. The highest BCUT2D eigenvalue weighted by molar-refractivity contribution is 5.94. The Morgan fingerprint density at radius 1 is 1.29 bits per heavy atom. The molecule has 1 saturated heterocycles. The molecule has 3 nitrogen and oxygen atoms in total. The molecule has 0 spiro atoms. The Kier molecular flexibility index (Phi) is 4.15. The number of anilines is 1. The van der Waals surface area contributed by atoms with Gasteiger partial charge in [-0.1, -0.05) is 25.1 Å². The van der Waals surface area contributed by atoms with Crippen LogP contribution in [0, 0.1) is 0 Å². The molecule has 0 atom stereocenters. The van der Waals surface area contributed by atoms with Gasteiger partial charge in [-0.05, 0) is 31.0 Å². The molecule has 0 unspecified atom stereocenters. The Morgan fingerprint density at radius 3 is 2.94 bits per heavy atom. The Labute approximate surface area is 103 Å². The Morgan fingerprint density at radius 2 is 2.12 bits per heavy atom. The molecule has 0 bridgehead atoms. The lowest BCUT2D eigenvalue weighted by atomic mass is 10.1. The zero-order valence-corrected chi connectivity index (χ0v) is 10.4. The van der Waals surface area contributed by atoms with Crippen LogP contribution in [0.15, 0.2) is 24.3 Å². The molecule has 1 aliphatic heterocycles. The number of benzene rings is 1. The first-order valence-electron chi connectivity index (χ1n) is 6.42. The predicted octanol–water partition coefficient (Wildman–Crippen LogP) is 1.97. The maximum atomic E-state index is 12.1. The van der Waals surface area contributed by atoms with E-state index in [0.29, 0.717) is 6.42 Å². The summed E-state index contributed by atoms with van der Waals surface area (Å²) in [7, 11) is 0. The fraction of sp³-hybridized carbons (Fsp3) is 0.500. The quantitative estimate of drug-likeness (QED) is 0.845. The first-order valence-corrected chi connectivity index (χ1v) is 6.42. The fourth-order valence-electron chi connectivity index (χ4n) is 2.27. The highest BCUT2D eigenvalue weighted by atomic mass is 16.2. The highest BCUT2D eigenvalue weighted by Crippen LogP contribution is 2.22. The molecule has 1 amide bonds. The predicted molar refractivity (Wildman–Crippen MR) is 70.3 cm³/mol. The van der Waals surface area contributed by atoms with Crippen molar-refractivity contribution in [1.29, 1.82) is 0 Å². The van der Waals surface area contributed by atoms with E-state index in [1.807, 2.05) is 17.0 Å². The number of carbonyl (C=O) groups excluding carboxylic acids is 1. The first kappa shape index (κ1) is 12.1. The van der Waals surface area contributed by atoms with Gasteiger partial charge in [-0.15, -0.1) is 0 Å². The summed E-state index contributed by atoms with van der Waals surface area (Å²) in [5, 5.41) is 3.27. The number of hydrogen-bond acceptors (Lipinski definition) is 2. The number of rotatable bonds is 2. The van der Waals surface area contributed by atoms with Gasteiger partial charge in [0.25, 0.3) is 0 Å². The van der Waals surface area contributed by atoms with Crippen molar-refractivity contribution in [2.75, 3.05) is 24.5 Å². The molecule has 1 aromatic carbocycles. The van der Waals surface area contributed by atoms with Gasteiger partial charge in [0.1, 0.15) is 0 Å². The second-order valence-corrected chi connectivity index (χ2v) is 4.38. The largest absolute Gasteiger partial charge is 0.316 e. The fourth-order valence-corrected chi connectivity index (χ4v) is 2.27. The van der Waals surface area contributed by atoms with Crippen LogP contribution >= 0.6 is 0 Å². The van der Waals surface area contributed by atoms with Crippen molar-refractivity contribution in [3.05, 3.63) is 29.8 Å². The number of hydrogen-bond donors (Lipinski definition) is 1. The molecule has 0 radical (unpaired) electrons. The smallest absolute Gasteiger partial charge is 0.228 e. The van der Waals surface area contributed by atoms with Gasteiger partial charge in [0.15, 0.2) is 0 Å². The molecular weight excluding hydrogens is 212 g/mol. The number of aryl methyl sites for hydroxylation is 1. The molecule has 0 saturated carbocycles. The number of nitrogens with zero attached hydrogens (tertiary/aromatic N) is 1. The lowest BCUT2D eigenvalue weighted by Crippen LogP contribution is -2.38. The van der Waals surface area contributed by atoms with Crippen molar-refractivity contribution in [3.8, 4) is 0 Å². The number of amides is 1. The van der Waals surface area contributed by atoms with Gasteiger partial charge in [0.05, 0.1) is 0 Å². The van der Waals surface area contributed by atoms with E-state index in [1.54, 1.807) is 0 Å². The summed E-state index contributed by atoms with van der Waals surface area (Å²) in [5.41, 5.74) is 2.36. The molecular formula is C14H20N2O. The molecule has 1 heterocycles. The number of nitrogens with one attached hydrogen (secondary N) is 1. The van der Waals surface area contributed by atoms with E-state index in [4.69, 9.17) is 0 Å². The van der Waals surface area contributed by atoms with Crippen LogP contribution in [0.5, 0.6) is 0 Å². The Bertz CT molecular complexity index is 390. The Hall–Kier alpha value is -1.35. The maximum absolute atomic E-state index is 12.1. The minimum atomic E-state index is 0.234. The summed E-state index contributed by atoms with van der Waals surface area (Å²) in [6.07, 6.45) is 2.58. The third-order valence-corrected chi connectivity index (χ3v) is 3.22. The van der Waals surface area contributed by atoms with Crippen LogP contribution in [0.4, 0.5) is 5.69 Å². The summed E-state index contributed by atoms with van der Waals surface area (Å²) >= 11 is 0. The minimum Gasteiger partial charge on any atom is -0.316 e. The topological polar surface area (TPSA) is 32.3 Å². The zero-order chi connectivity index (χ0) is 12.1. The van der Waals surface area contributed by atoms with E-state index >= 15 is 0 Å². The average Bonchev–Trinajstić information content (AvgIpc) is 2.35. The molecule has 3 heteroatoms. The molecule has 0 aromatic heterocycles. The van der Waals surface area contributed by atoms with Crippen molar-refractivity contribution in [3.63, 3.8) is 0 Å². The summed E-state index contributed by atoms with van der Waals surface area (Å²) in [6.45, 7) is 4.75. The highest BCUT2D eigenvalue weighted by Gasteiger charge is 2.18. The second-order valence-electron chi connectivity index (χ2n) is 4.38. The van der Waals surface area contributed by atoms with E-state index in [9.17, 15) is 4.79 Å². The molecule has 17 heavy (non-hydrogen) atoms. The molecule has 1 aromatic rings. The molecule has 1 aliphatic rings. The van der Waals surface area contributed by atoms with Gasteiger partial charge in [-0.25, -0.2) is 0 Å². The third-order valence-electron chi connectivity index (χ3n) is 3.22. The summed E-state index contributed by atoms with van der Waals surface area (Å²) in [6, 6.07) is 8.22. The molecule has 92 valence electrons. The van der Waals surface area contributed by atoms with Crippen LogP contribution in [0.25, 0.3) is 0 Å². The maximum Gasteiger partial charge on any atom is 0.228 e.